The van der Waals surface area contributed by atoms with E-state index in [4.69, 9.17) is 32.5 Å². The minimum absolute atomic E-state index is 0. The van der Waals surface area contributed by atoms with Crippen LogP contribution in [-0.4, -0.2) is 75.4 Å². The number of carboxylic acid groups (broad SMARTS) is 1. The zero-order valence-electron chi connectivity index (χ0n) is 35.2. The Morgan fingerprint density at radius 3 is 1.36 bits per heavy atom. The van der Waals surface area contributed by atoms with E-state index in [9.17, 15) is 9.59 Å². The van der Waals surface area contributed by atoms with Crippen LogP contribution in [0.15, 0.2) is 121 Å². The van der Waals surface area contributed by atoms with Gasteiger partial charge in [-0.2, -0.15) is 8.42 Å². The Hall–Kier alpha value is -5.12. The average molecular weight is 850 g/mol. The summed E-state index contributed by atoms with van der Waals surface area (Å²) in [4.78, 5) is 22.0. The summed E-state index contributed by atoms with van der Waals surface area (Å²) in [5.74, 6) is 1.06. The lowest BCUT2D eigenvalue weighted by molar-refractivity contribution is -0.137. The van der Waals surface area contributed by atoms with E-state index in [1.54, 1.807) is 19.1 Å². The van der Waals surface area contributed by atoms with E-state index in [0.29, 0.717) is 13.2 Å². The first-order chi connectivity index (χ1) is 28.8. The topological polar surface area (TPSA) is 158 Å². The minimum Gasteiger partial charge on any atom is -0.478 e. The first kappa shape index (κ1) is 60.2. The molecule has 5 radical (unpaired) electrons. The fourth-order valence-corrected chi connectivity index (χ4v) is 4.78. The molecule has 13 heteroatoms. The van der Waals surface area contributed by atoms with Crippen molar-refractivity contribution in [1.82, 2.24) is 0 Å². The maximum atomic E-state index is 11.6. The second-order valence-electron chi connectivity index (χ2n) is 12.8. The Bertz CT molecular complexity index is 1830. The van der Waals surface area contributed by atoms with Crippen molar-refractivity contribution in [3.8, 4) is 12.3 Å². The molecule has 4 aromatic carbocycles. The number of benzene rings is 4. The molecule has 9 nitrogen and oxygen atoms in total. The van der Waals surface area contributed by atoms with Gasteiger partial charge in [0.05, 0.1) is 6.61 Å². The van der Waals surface area contributed by atoms with Crippen LogP contribution in [0.5, 0.6) is 0 Å². The van der Waals surface area contributed by atoms with Crippen molar-refractivity contribution in [1.29, 1.82) is 0 Å². The minimum atomic E-state index is -4.67. The van der Waals surface area contributed by atoms with Gasteiger partial charge in [-0.3, -0.25) is 9.11 Å². The summed E-state index contributed by atoms with van der Waals surface area (Å²) in [5.41, 5.74) is 6.95. The Morgan fingerprint density at radius 2 is 1.02 bits per heavy atom. The molecule has 325 valence electrons. The van der Waals surface area contributed by atoms with Crippen molar-refractivity contribution in [2.24, 2.45) is 0 Å². The van der Waals surface area contributed by atoms with Gasteiger partial charge in [-0.05, 0) is 78.1 Å². The highest BCUT2D eigenvalue weighted by molar-refractivity contribution is 7.79. The van der Waals surface area contributed by atoms with Gasteiger partial charge < -0.3 is 14.9 Å². The Balaban J connectivity index is -0.000000794. The van der Waals surface area contributed by atoms with Gasteiger partial charge in [0.2, 0.25) is 0 Å². The van der Waals surface area contributed by atoms with Gasteiger partial charge in [0, 0.05) is 41.3 Å². The Morgan fingerprint density at radius 1 is 0.672 bits per heavy atom. The molecular formula is C48H64B3O9S. The standard InChI is InChI=1S/C22H26O2.C16H14O2.C6H14O.C3H4.CH4.B3.H2O4S/c1-2-3-4-8-17-24-22(23)16-15-19-11-13-21(14-12-19)18-20-9-6-5-7-10-20;17-16(18)11-10-13-6-8-15(9-7-13)12-14-4-2-1-3-5-14;1-2-3-4-5-6-7;1-3-2;;1-3-2;1-5(2,3)4/h5-7,9-16H,2-4,8,17-18H2,1H3;1-11H,12H2,(H,17,18);7H,2-6H2,1H3;1H,2H3;1H4;;(H2,1,2,3,4)/b16-15+;11-10+;;;;;. The van der Waals surface area contributed by atoms with E-state index in [2.05, 4.69) is 90.2 Å². The smallest absolute Gasteiger partial charge is 0.394 e. The summed E-state index contributed by atoms with van der Waals surface area (Å²) in [6.07, 6.45) is 21.6. The second kappa shape index (κ2) is 41.6. The van der Waals surface area contributed by atoms with Crippen molar-refractivity contribution >= 4 is 57.0 Å². The van der Waals surface area contributed by atoms with Gasteiger partial charge >= 0.3 is 22.3 Å². The first-order valence-corrected chi connectivity index (χ1v) is 21.1. The maximum Gasteiger partial charge on any atom is 0.394 e. The molecule has 4 N–H and O–H groups in total. The van der Waals surface area contributed by atoms with Gasteiger partial charge in [0.1, 0.15) is 0 Å². The third kappa shape index (κ3) is 42.8. The van der Waals surface area contributed by atoms with Gasteiger partial charge in [0.15, 0.2) is 0 Å². The van der Waals surface area contributed by atoms with Crippen molar-refractivity contribution in [3.05, 3.63) is 155 Å². The molecule has 0 amide bonds. The Kier molecular flexibility index (Phi) is 41.1. The van der Waals surface area contributed by atoms with Gasteiger partial charge in [0.25, 0.3) is 0 Å². The number of rotatable bonds is 17. The molecule has 0 saturated heterocycles. The fourth-order valence-electron chi connectivity index (χ4n) is 4.78. The van der Waals surface area contributed by atoms with Crippen LogP contribution >= 0.6 is 0 Å². The Labute approximate surface area is 370 Å². The number of hydrogen-bond acceptors (Lipinski definition) is 6. The van der Waals surface area contributed by atoms with Gasteiger partial charge in [-0.25, -0.2) is 9.59 Å². The lowest BCUT2D eigenvalue weighted by atomic mass is 9.40. The van der Waals surface area contributed by atoms with Crippen LogP contribution < -0.4 is 0 Å². The normalized spacial score (nSPS) is 9.79. The third-order valence-corrected chi connectivity index (χ3v) is 7.55. The largest absolute Gasteiger partial charge is 0.478 e. The van der Waals surface area contributed by atoms with Crippen molar-refractivity contribution < 1.29 is 42.1 Å². The molecule has 61 heavy (non-hydrogen) atoms. The molecule has 0 atom stereocenters. The number of unbranched alkanes of at least 4 members (excludes halogenated alkanes) is 6. The number of hydrogen-bond donors (Lipinski definition) is 4. The van der Waals surface area contributed by atoms with E-state index in [0.717, 1.165) is 56.4 Å². The summed E-state index contributed by atoms with van der Waals surface area (Å²) in [6, 6.07) is 36.8. The molecular weight excluding hydrogens is 785 g/mol. The van der Waals surface area contributed by atoms with Crippen LogP contribution in [0.4, 0.5) is 0 Å². The number of aliphatic hydroxyl groups excluding tert-OH is 1. The van der Waals surface area contributed by atoms with E-state index in [1.165, 1.54) is 60.4 Å². The number of aliphatic carboxylic acids is 1. The van der Waals surface area contributed by atoms with E-state index in [-0.39, 0.29) is 13.4 Å². The van der Waals surface area contributed by atoms with Crippen molar-refractivity contribution in [2.45, 2.75) is 92.4 Å². The molecule has 0 fully saturated rings. The molecule has 0 aliphatic heterocycles. The molecule has 4 rings (SSSR count). The highest BCUT2D eigenvalue weighted by Gasteiger charge is 1.99. The average Bonchev–Trinajstić information content (AvgIpc) is 3.22. The van der Waals surface area contributed by atoms with E-state index in [1.807, 2.05) is 60.7 Å². The zero-order valence-corrected chi connectivity index (χ0v) is 36.1. The zero-order chi connectivity index (χ0) is 45.3. The molecule has 0 unspecified atom stereocenters. The van der Waals surface area contributed by atoms with Crippen LogP contribution in [0.25, 0.3) is 12.2 Å². The number of aliphatic hydroxyl groups is 1. The van der Waals surface area contributed by atoms with Gasteiger partial charge in [-0.15, -0.1) is 12.3 Å². The lowest BCUT2D eigenvalue weighted by Gasteiger charge is -2.03. The monoisotopic (exact) mass is 849 g/mol. The highest BCUT2D eigenvalue weighted by Crippen LogP contribution is 2.13. The van der Waals surface area contributed by atoms with Crippen LogP contribution in [0.1, 0.15) is 113 Å². The predicted octanol–water partition coefficient (Wildman–Crippen LogP) is 9.83. The second-order valence-corrected chi connectivity index (χ2v) is 13.6. The summed E-state index contributed by atoms with van der Waals surface area (Å²) in [5, 5.41) is 16.8. The van der Waals surface area contributed by atoms with Crippen molar-refractivity contribution in [3.63, 3.8) is 0 Å². The van der Waals surface area contributed by atoms with E-state index < -0.39 is 16.4 Å². The number of carbonyl (C=O) groups excluding carboxylic acids is 1. The van der Waals surface area contributed by atoms with Gasteiger partial charge in [-0.1, -0.05) is 169 Å². The van der Waals surface area contributed by atoms with E-state index >= 15 is 0 Å². The fraction of sp³-hybridized carbons (Fsp3) is 0.333. The molecule has 0 spiro atoms. The van der Waals surface area contributed by atoms with Crippen LogP contribution in [0.2, 0.25) is 0 Å². The maximum absolute atomic E-state index is 11.6. The van der Waals surface area contributed by atoms with Crippen LogP contribution in [0.3, 0.4) is 0 Å². The highest BCUT2D eigenvalue weighted by atomic mass is 32.3. The summed E-state index contributed by atoms with van der Waals surface area (Å²) in [6.45, 7) is 6.86. The van der Waals surface area contributed by atoms with Crippen molar-refractivity contribution in [2.75, 3.05) is 13.2 Å². The molecule has 0 saturated carbocycles. The SMILES string of the molecule is C.C#CC.CCCCCCO.CCCCCCOC(=O)/C=C/c1ccc(Cc2ccccc2)cc1.O=C(O)/C=C/c1ccc(Cc2ccccc2)cc1.O=S(=O)(O)O.[B][B][B]. The van der Waals surface area contributed by atoms with Crippen LogP contribution in [-0.2, 0) is 37.6 Å². The molecule has 0 bridgehead atoms. The molecule has 0 aromatic heterocycles. The summed E-state index contributed by atoms with van der Waals surface area (Å²) in [7, 11) is 5.33. The summed E-state index contributed by atoms with van der Waals surface area (Å²) >= 11 is 0. The predicted molar refractivity (Wildman–Crippen MR) is 256 cm³/mol. The molecule has 0 aliphatic carbocycles. The lowest BCUT2D eigenvalue weighted by Crippen LogP contribution is -2.02. The number of ether oxygens (including phenoxy) is 1. The number of esters is 1. The first-order valence-electron chi connectivity index (χ1n) is 19.7. The molecule has 0 heterocycles. The number of carbonyl (C=O) groups is 2. The quantitative estimate of drug-likeness (QED) is 0.0203. The summed E-state index contributed by atoms with van der Waals surface area (Å²) < 4.78 is 36.8. The number of terminal acetylenes is 1. The molecule has 0 aliphatic rings. The van der Waals surface area contributed by atoms with Crippen LogP contribution in [0, 0.1) is 12.3 Å². The third-order valence-electron chi connectivity index (χ3n) is 7.55. The molecule has 4 aromatic rings. The number of carboxylic acids is 1.